The molecule has 5 atom stereocenters. The first kappa shape index (κ1) is 32.6. The number of rotatable bonds is 8. The number of H-pyrrole nitrogens is 2. The molecular weight excluding hydrogens is 620 g/mol. The van der Waals surface area contributed by atoms with Gasteiger partial charge in [-0.2, -0.15) is 0 Å². The molecule has 0 saturated carbocycles. The molecular formula is C37H44N8O4. The van der Waals surface area contributed by atoms with E-state index < -0.39 is 18.2 Å². The number of amides is 3. The number of benzene rings is 2. The molecule has 0 radical (unpaired) electrons. The predicted molar refractivity (Wildman–Crippen MR) is 185 cm³/mol. The van der Waals surface area contributed by atoms with Crippen LogP contribution in [0.3, 0.4) is 0 Å². The van der Waals surface area contributed by atoms with Crippen LogP contribution in [0.5, 0.6) is 0 Å². The summed E-state index contributed by atoms with van der Waals surface area (Å²) in [6.45, 7) is 4.42. The number of ether oxygens (including phenoxy) is 1. The number of aromatic nitrogens is 4. The van der Waals surface area contributed by atoms with Gasteiger partial charge in [-0.1, -0.05) is 62.4 Å². The van der Waals surface area contributed by atoms with Crippen molar-refractivity contribution in [3.05, 3.63) is 72.6 Å². The van der Waals surface area contributed by atoms with Crippen LogP contribution in [0.15, 0.2) is 60.9 Å². The van der Waals surface area contributed by atoms with E-state index >= 15 is 0 Å². The molecule has 3 saturated heterocycles. The van der Waals surface area contributed by atoms with Gasteiger partial charge in [0.2, 0.25) is 11.8 Å². The summed E-state index contributed by atoms with van der Waals surface area (Å²) in [5.74, 6) is 1.38. The highest BCUT2D eigenvalue weighted by molar-refractivity contribution is 5.86. The maximum atomic E-state index is 13.5. The number of likely N-dealkylation sites (tertiary alicyclic amines) is 1. The van der Waals surface area contributed by atoms with Crippen molar-refractivity contribution in [2.24, 2.45) is 11.7 Å². The molecule has 2 aromatic heterocycles. The first-order valence-electron chi connectivity index (χ1n) is 17.3. The number of methoxy groups -OCH3 is 1. The van der Waals surface area contributed by atoms with Crippen LogP contribution >= 0.6 is 0 Å². The Morgan fingerprint density at radius 2 is 1.39 bits per heavy atom. The molecule has 0 bridgehead atoms. The second-order valence-corrected chi connectivity index (χ2v) is 13.7. The SMILES string of the molecule is COC(=O)N[C@H](C(=O)N1CCC[C@H]1c1ncc(-c2ccc(-c3ccc(-c4cnc([C@@H]5CC[C@@H]6CC[C@H](N)C(=O)N65)[nH]4)cc3)cc2)[nH]1)C(C)C. The molecule has 4 aromatic rings. The van der Waals surface area contributed by atoms with E-state index in [0.717, 1.165) is 83.8 Å². The van der Waals surface area contributed by atoms with Gasteiger partial charge >= 0.3 is 6.09 Å². The molecule has 256 valence electrons. The van der Waals surface area contributed by atoms with Gasteiger partial charge in [0.25, 0.3) is 0 Å². The fourth-order valence-corrected chi connectivity index (χ4v) is 7.64. The molecule has 5 heterocycles. The van der Waals surface area contributed by atoms with Crippen molar-refractivity contribution >= 4 is 17.9 Å². The summed E-state index contributed by atoms with van der Waals surface area (Å²) in [4.78, 5) is 58.3. The molecule has 7 rings (SSSR count). The molecule has 0 spiro atoms. The third-order valence-electron chi connectivity index (χ3n) is 10.4. The maximum absolute atomic E-state index is 13.5. The summed E-state index contributed by atoms with van der Waals surface area (Å²) in [5.41, 5.74) is 12.1. The summed E-state index contributed by atoms with van der Waals surface area (Å²) >= 11 is 0. The summed E-state index contributed by atoms with van der Waals surface area (Å²) in [5, 5.41) is 2.70. The lowest BCUT2D eigenvalue weighted by Gasteiger charge is -2.36. The smallest absolute Gasteiger partial charge is 0.407 e. The minimum absolute atomic E-state index is 0.0404. The number of nitrogens with one attached hydrogen (secondary N) is 3. The highest BCUT2D eigenvalue weighted by atomic mass is 16.5. The Kier molecular flexibility index (Phi) is 8.98. The van der Waals surface area contributed by atoms with Crippen molar-refractivity contribution in [1.29, 1.82) is 0 Å². The van der Waals surface area contributed by atoms with Crippen LogP contribution in [-0.4, -0.2) is 79.4 Å². The quantitative estimate of drug-likeness (QED) is 0.198. The number of piperidine rings is 1. The van der Waals surface area contributed by atoms with E-state index in [1.807, 2.05) is 36.0 Å². The van der Waals surface area contributed by atoms with Crippen molar-refractivity contribution in [2.75, 3.05) is 13.7 Å². The number of carbonyl (C=O) groups is 3. The van der Waals surface area contributed by atoms with Crippen molar-refractivity contribution < 1.29 is 19.1 Å². The van der Waals surface area contributed by atoms with Crippen LogP contribution in [-0.2, 0) is 14.3 Å². The van der Waals surface area contributed by atoms with E-state index in [1.165, 1.54) is 7.11 Å². The standard InChI is InChI=1S/C37H44N8O4/c1-21(2)32(43-37(48)49-3)36(47)44-18-4-5-30(44)33-39-19-28(41-33)24-10-6-22(7-11-24)23-8-12-25(13-9-23)29-20-40-34(42-29)31-17-15-26-14-16-27(38)35(46)45(26)31/h6-13,19-21,26-27,30-32H,4-5,14-18,38H2,1-3H3,(H,39,41)(H,40,42)(H,43,48)/t26-,27-,30-,31-,32-/m0/s1. The Hall–Kier alpha value is -4.97. The summed E-state index contributed by atoms with van der Waals surface area (Å²) in [6, 6.07) is 15.6. The zero-order valence-corrected chi connectivity index (χ0v) is 28.2. The van der Waals surface area contributed by atoms with Gasteiger partial charge in [-0.05, 0) is 66.7 Å². The molecule has 49 heavy (non-hydrogen) atoms. The Labute approximate surface area is 285 Å². The van der Waals surface area contributed by atoms with Gasteiger partial charge in [-0.25, -0.2) is 14.8 Å². The van der Waals surface area contributed by atoms with Crippen LogP contribution in [0.2, 0.25) is 0 Å². The highest BCUT2D eigenvalue weighted by Crippen LogP contribution is 2.40. The molecule has 2 aromatic carbocycles. The maximum Gasteiger partial charge on any atom is 0.407 e. The van der Waals surface area contributed by atoms with Gasteiger partial charge in [0.15, 0.2) is 0 Å². The molecule has 12 heteroatoms. The number of hydrogen-bond acceptors (Lipinski definition) is 7. The molecule has 0 aliphatic carbocycles. The van der Waals surface area contributed by atoms with Crippen LogP contribution in [0.1, 0.15) is 76.1 Å². The summed E-state index contributed by atoms with van der Waals surface area (Å²) in [6.07, 6.45) is 8.32. The van der Waals surface area contributed by atoms with E-state index in [-0.39, 0.29) is 35.9 Å². The van der Waals surface area contributed by atoms with Crippen molar-refractivity contribution in [3.8, 4) is 33.6 Å². The van der Waals surface area contributed by atoms with Gasteiger partial charge < -0.3 is 35.6 Å². The summed E-state index contributed by atoms with van der Waals surface area (Å²) < 4.78 is 4.75. The van der Waals surface area contributed by atoms with Crippen molar-refractivity contribution in [3.63, 3.8) is 0 Å². The molecule has 0 unspecified atom stereocenters. The van der Waals surface area contributed by atoms with E-state index in [2.05, 4.69) is 73.8 Å². The fraction of sp³-hybridized carbons (Fsp3) is 0.432. The third kappa shape index (κ3) is 6.32. The summed E-state index contributed by atoms with van der Waals surface area (Å²) in [7, 11) is 1.29. The molecule has 12 nitrogen and oxygen atoms in total. The van der Waals surface area contributed by atoms with Gasteiger partial charge in [0.1, 0.15) is 17.7 Å². The van der Waals surface area contributed by atoms with Crippen LogP contribution < -0.4 is 11.1 Å². The molecule has 3 aliphatic heterocycles. The normalized spacial score (nSPS) is 22.8. The predicted octanol–water partition coefficient (Wildman–Crippen LogP) is 5.33. The van der Waals surface area contributed by atoms with Crippen molar-refractivity contribution in [1.82, 2.24) is 35.1 Å². The number of alkyl carbamates (subject to hydrolysis) is 1. The van der Waals surface area contributed by atoms with Gasteiger partial charge in [-0.15, -0.1) is 0 Å². The average Bonchev–Trinajstić information content (AvgIpc) is 3.94. The second-order valence-electron chi connectivity index (χ2n) is 13.7. The molecule has 3 fully saturated rings. The second kappa shape index (κ2) is 13.5. The lowest BCUT2D eigenvalue weighted by Crippen LogP contribution is -2.51. The topological polar surface area (TPSA) is 162 Å². The first-order valence-corrected chi connectivity index (χ1v) is 17.3. The van der Waals surface area contributed by atoms with E-state index in [4.69, 9.17) is 10.5 Å². The number of nitrogens with two attached hydrogens (primary N) is 1. The number of aromatic amines is 2. The lowest BCUT2D eigenvalue weighted by atomic mass is 9.99. The first-order chi connectivity index (χ1) is 23.7. The monoisotopic (exact) mass is 664 g/mol. The van der Waals surface area contributed by atoms with Gasteiger partial charge in [0.05, 0.1) is 49.0 Å². The van der Waals surface area contributed by atoms with Crippen LogP contribution in [0, 0.1) is 5.92 Å². The van der Waals surface area contributed by atoms with E-state index in [0.29, 0.717) is 6.54 Å². The number of imidazole rings is 2. The lowest BCUT2D eigenvalue weighted by molar-refractivity contribution is -0.139. The van der Waals surface area contributed by atoms with Crippen molar-refractivity contribution in [2.45, 2.75) is 82.6 Å². The average molecular weight is 665 g/mol. The number of fused-ring (bicyclic) bond motifs is 1. The highest BCUT2D eigenvalue weighted by Gasteiger charge is 2.44. The Bertz CT molecular complexity index is 1810. The molecule has 5 N–H and O–H groups in total. The van der Waals surface area contributed by atoms with Crippen LogP contribution in [0.25, 0.3) is 33.6 Å². The van der Waals surface area contributed by atoms with Crippen LogP contribution in [0.4, 0.5) is 4.79 Å². The van der Waals surface area contributed by atoms with Gasteiger partial charge in [0, 0.05) is 12.6 Å². The minimum atomic E-state index is -0.674. The largest absolute Gasteiger partial charge is 0.453 e. The van der Waals surface area contributed by atoms with E-state index in [9.17, 15) is 14.4 Å². The number of nitrogens with zero attached hydrogens (tertiary/aromatic N) is 4. The van der Waals surface area contributed by atoms with E-state index in [1.54, 1.807) is 0 Å². The Morgan fingerprint density at radius 1 is 0.837 bits per heavy atom. The zero-order chi connectivity index (χ0) is 34.2. The zero-order valence-electron chi connectivity index (χ0n) is 28.2. The minimum Gasteiger partial charge on any atom is -0.453 e. The number of carbonyl (C=O) groups excluding carboxylic acids is 3. The molecule has 3 amide bonds. The fourth-order valence-electron chi connectivity index (χ4n) is 7.64. The third-order valence-corrected chi connectivity index (χ3v) is 10.4. The van der Waals surface area contributed by atoms with Gasteiger partial charge in [-0.3, -0.25) is 9.59 Å². The number of hydrogen-bond donors (Lipinski definition) is 4. The molecule has 3 aliphatic rings. The Morgan fingerprint density at radius 3 is 1.96 bits per heavy atom. The Balaban J connectivity index is 1.01.